The number of rotatable bonds is 3. The van der Waals surface area contributed by atoms with Crippen molar-refractivity contribution in [2.24, 2.45) is 0 Å². The first-order chi connectivity index (χ1) is 6.51. The molecule has 3 nitrogen and oxygen atoms in total. The molecule has 0 fully saturated rings. The van der Waals surface area contributed by atoms with Crippen molar-refractivity contribution in [3.05, 3.63) is 23.9 Å². The molecule has 1 rings (SSSR count). The van der Waals surface area contributed by atoms with E-state index in [1.54, 1.807) is 0 Å². The third-order valence-electron chi connectivity index (χ3n) is 1.24. The molecule has 1 heterocycles. The summed E-state index contributed by atoms with van der Waals surface area (Å²) in [6, 6.07) is 2.44. The second-order valence-corrected chi connectivity index (χ2v) is 2.39. The van der Waals surface area contributed by atoms with Gasteiger partial charge in [-0.15, -0.1) is 0 Å². The van der Waals surface area contributed by atoms with Crippen LogP contribution in [0, 0.1) is 0 Å². The quantitative estimate of drug-likeness (QED) is 0.748. The van der Waals surface area contributed by atoms with E-state index in [4.69, 9.17) is 0 Å². The van der Waals surface area contributed by atoms with Crippen LogP contribution in [-0.4, -0.2) is 24.1 Å². The zero-order chi connectivity index (χ0) is 10.6. The molecule has 1 aromatic heterocycles. The van der Waals surface area contributed by atoms with Crippen LogP contribution >= 0.6 is 0 Å². The van der Waals surface area contributed by atoms with E-state index in [-0.39, 0.29) is 11.4 Å². The van der Waals surface area contributed by atoms with Gasteiger partial charge >= 0.3 is 6.18 Å². The van der Waals surface area contributed by atoms with Crippen LogP contribution in [0.3, 0.4) is 0 Å². The van der Waals surface area contributed by atoms with E-state index in [1.165, 1.54) is 18.4 Å². The average Bonchev–Trinajstić information content (AvgIpc) is 2.14. The van der Waals surface area contributed by atoms with E-state index >= 15 is 0 Å². The smallest absolute Gasteiger partial charge is 0.422 e. The largest absolute Gasteiger partial charge is 0.468 e. The zero-order valence-corrected chi connectivity index (χ0v) is 6.84. The highest BCUT2D eigenvalue weighted by molar-refractivity contribution is 5.74. The molecular formula is C8H5F3NO2. The summed E-state index contributed by atoms with van der Waals surface area (Å²) in [5.41, 5.74) is 0.157. The van der Waals surface area contributed by atoms with Gasteiger partial charge in [0.2, 0.25) is 12.2 Å². The Morgan fingerprint density at radius 2 is 2.14 bits per heavy atom. The van der Waals surface area contributed by atoms with Gasteiger partial charge in [0.1, 0.15) is 0 Å². The lowest BCUT2D eigenvalue weighted by Crippen LogP contribution is -2.19. The van der Waals surface area contributed by atoms with Crippen molar-refractivity contribution in [2.45, 2.75) is 6.18 Å². The van der Waals surface area contributed by atoms with Gasteiger partial charge in [0.25, 0.3) is 0 Å². The van der Waals surface area contributed by atoms with E-state index in [9.17, 15) is 18.0 Å². The number of alkyl halides is 3. The number of aromatic nitrogens is 1. The molecule has 0 aromatic carbocycles. The standard InChI is InChI=1S/C8H5F3NO2/c9-8(10,11)5-14-7-2-1-6(4-13)3-12-7/h1-3H,5H2. The maximum atomic E-state index is 11.7. The lowest BCUT2D eigenvalue weighted by molar-refractivity contribution is -0.154. The van der Waals surface area contributed by atoms with Gasteiger partial charge in [0.15, 0.2) is 6.61 Å². The lowest BCUT2D eigenvalue weighted by atomic mass is 10.3. The van der Waals surface area contributed by atoms with E-state index < -0.39 is 12.8 Å². The lowest BCUT2D eigenvalue weighted by Gasteiger charge is -2.07. The Morgan fingerprint density at radius 1 is 1.43 bits per heavy atom. The summed E-state index contributed by atoms with van der Waals surface area (Å²) in [6.45, 7) is -1.40. The molecule has 0 amide bonds. The number of carbonyl (C=O) groups excluding carboxylic acids is 1. The van der Waals surface area contributed by atoms with Gasteiger partial charge in [-0.2, -0.15) is 13.2 Å². The third-order valence-corrected chi connectivity index (χ3v) is 1.24. The Kier molecular flexibility index (Phi) is 3.06. The molecule has 0 bridgehead atoms. The van der Waals surface area contributed by atoms with Crippen LogP contribution in [-0.2, 0) is 4.79 Å². The fraction of sp³-hybridized carbons (Fsp3) is 0.250. The molecule has 0 atom stereocenters. The Bertz CT molecular complexity index is 307. The first kappa shape index (κ1) is 10.5. The summed E-state index contributed by atoms with van der Waals surface area (Å²) in [7, 11) is 0. The molecule has 0 N–H and O–H groups in total. The molecule has 0 spiro atoms. The van der Waals surface area contributed by atoms with E-state index in [1.807, 2.05) is 0 Å². The SMILES string of the molecule is O=[C]c1ccc(OCC(F)(F)F)nc1. The molecule has 1 radical (unpaired) electrons. The van der Waals surface area contributed by atoms with Gasteiger partial charge in [-0.05, 0) is 6.07 Å². The minimum Gasteiger partial charge on any atom is -0.468 e. The van der Waals surface area contributed by atoms with Crippen molar-refractivity contribution < 1.29 is 22.7 Å². The van der Waals surface area contributed by atoms with Crippen LogP contribution in [0.15, 0.2) is 18.3 Å². The van der Waals surface area contributed by atoms with Crippen LogP contribution in [0.1, 0.15) is 5.56 Å². The number of ether oxygens (including phenoxy) is 1. The number of hydrogen-bond donors (Lipinski definition) is 0. The first-order valence-corrected chi connectivity index (χ1v) is 3.55. The van der Waals surface area contributed by atoms with Gasteiger partial charge < -0.3 is 4.74 Å². The molecule has 0 aliphatic carbocycles. The second kappa shape index (κ2) is 4.08. The van der Waals surface area contributed by atoms with Gasteiger partial charge in [0, 0.05) is 17.8 Å². The molecule has 0 saturated carbocycles. The summed E-state index contributed by atoms with van der Waals surface area (Å²) in [6.07, 6.45) is -1.77. The number of hydrogen-bond acceptors (Lipinski definition) is 3. The molecule has 0 saturated heterocycles. The zero-order valence-electron chi connectivity index (χ0n) is 6.84. The summed E-state index contributed by atoms with van der Waals surface area (Å²) in [4.78, 5) is 13.5. The number of nitrogens with zero attached hydrogens (tertiary/aromatic N) is 1. The van der Waals surface area contributed by atoms with Crippen molar-refractivity contribution in [3.63, 3.8) is 0 Å². The molecule has 6 heteroatoms. The molecule has 75 valence electrons. The van der Waals surface area contributed by atoms with Crippen LogP contribution < -0.4 is 4.74 Å². The highest BCUT2D eigenvalue weighted by Crippen LogP contribution is 2.16. The molecule has 0 aliphatic rings. The minimum absolute atomic E-state index is 0.157. The van der Waals surface area contributed by atoms with Crippen LogP contribution in [0.2, 0.25) is 0 Å². The van der Waals surface area contributed by atoms with Crippen molar-refractivity contribution >= 4 is 6.29 Å². The Morgan fingerprint density at radius 3 is 2.57 bits per heavy atom. The van der Waals surface area contributed by atoms with Crippen molar-refractivity contribution in [2.75, 3.05) is 6.61 Å². The number of pyridine rings is 1. The molecule has 1 aromatic rings. The summed E-state index contributed by atoms with van der Waals surface area (Å²) in [5.74, 6) is -0.179. The predicted octanol–water partition coefficient (Wildman–Crippen LogP) is 1.48. The monoisotopic (exact) mass is 204 g/mol. The van der Waals surface area contributed by atoms with E-state index in [2.05, 4.69) is 9.72 Å². The van der Waals surface area contributed by atoms with Gasteiger partial charge in [-0.3, -0.25) is 4.79 Å². The van der Waals surface area contributed by atoms with Gasteiger partial charge in [-0.1, -0.05) is 0 Å². The van der Waals surface area contributed by atoms with Crippen LogP contribution in [0.5, 0.6) is 5.88 Å². The highest BCUT2D eigenvalue weighted by Gasteiger charge is 2.28. The molecule has 14 heavy (non-hydrogen) atoms. The first-order valence-electron chi connectivity index (χ1n) is 3.55. The second-order valence-electron chi connectivity index (χ2n) is 2.39. The van der Waals surface area contributed by atoms with Gasteiger partial charge in [0.05, 0.1) is 0 Å². The molecule has 0 unspecified atom stereocenters. The summed E-state index contributed by atoms with van der Waals surface area (Å²) < 4.78 is 39.3. The van der Waals surface area contributed by atoms with Crippen LogP contribution in [0.4, 0.5) is 13.2 Å². The fourth-order valence-electron chi connectivity index (χ4n) is 0.682. The summed E-state index contributed by atoms with van der Waals surface area (Å²) >= 11 is 0. The predicted molar refractivity (Wildman–Crippen MR) is 40.6 cm³/mol. The maximum absolute atomic E-state index is 11.7. The maximum Gasteiger partial charge on any atom is 0.422 e. The third kappa shape index (κ3) is 3.42. The highest BCUT2D eigenvalue weighted by atomic mass is 19.4. The van der Waals surface area contributed by atoms with Crippen molar-refractivity contribution in [3.8, 4) is 5.88 Å². The normalized spacial score (nSPS) is 11.1. The van der Waals surface area contributed by atoms with E-state index in [0.717, 1.165) is 6.20 Å². The Hall–Kier alpha value is -1.59. The minimum atomic E-state index is -4.39. The summed E-state index contributed by atoms with van der Waals surface area (Å²) in [5, 5.41) is 0. The van der Waals surface area contributed by atoms with Crippen molar-refractivity contribution in [1.82, 2.24) is 4.98 Å². The molecule has 0 aliphatic heterocycles. The number of halogens is 3. The Labute approximate surface area is 77.5 Å². The van der Waals surface area contributed by atoms with Crippen molar-refractivity contribution in [1.29, 1.82) is 0 Å². The average molecular weight is 204 g/mol. The molecular weight excluding hydrogens is 199 g/mol. The fourth-order valence-corrected chi connectivity index (χ4v) is 0.682. The van der Waals surface area contributed by atoms with Crippen LogP contribution in [0.25, 0.3) is 0 Å². The Balaban J connectivity index is 2.56. The van der Waals surface area contributed by atoms with E-state index in [0.29, 0.717) is 0 Å². The topological polar surface area (TPSA) is 39.2 Å². The van der Waals surface area contributed by atoms with Gasteiger partial charge in [-0.25, -0.2) is 4.98 Å².